The molecule has 0 amide bonds. The molecular formula is C19H15Cl3N2O2S. The fraction of sp³-hybridized carbons (Fsp3) is 0.263. The van der Waals surface area contributed by atoms with E-state index in [-0.39, 0.29) is 10.3 Å². The van der Waals surface area contributed by atoms with Gasteiger partial charge in [-0.25, -0.2) is 0 Å². The molecule has 8 heteroatoms. The number of hydrogen-bond acceptors (Lipinski definition) is 3. The summed E-state index contributed by atoms with van der Waals surface area (Å²) >= 11 is 24.4. The smallest absolute Gasteiger partial charge is 0.266 e. The summed E-state index contributed by atoms with van der Waals surface area (Å²) in [6.07, 6.45) is 2.17. The number of aromatic amines is 1. The molecule has 1 heterocycles. The summed E-state index contributed by atoms with van der Waals surface area (Å²) in [5.74, 6) is 0.810. The monoisotopic (exact) mass is 440 g/mol. The Morgan fingerprint density at radius 3 is 2.48 bits per heavy atom. The fourth-order valence-electron chi connectivity index (χ4n) is 3.39. The van der Waals surface area contributed by atoms with Crippen LogP contribution in [0.1, 0.15) is 29.9 Å². The second-order valence-electron chi connectivity index (χ2n) is 6.60. The number of aromatic nitrogens is 2. The minimum atomic E-state index is -0.288. The molecule has 27 heavy (non-hydrogen) atoms. The van der Waals surface area contributed by atoms with Gasteiger partial charge in [0.25, 0.3) is 5.56 Å². The highest BCUT2D eigenvalue weighted by atomic mass is 35.5. The second-order valence-corrected chi connectivity index (χ2v) is 8.21. The van der Waals surface area contributed by atoms with Crippen molar-refractivity contribution in [3.8, 4) is 11.4 Å². The van der Waals surface area contributed by atoms with Crippen molar-refractivity contribution in [1.29, 1.82) is 0 Å². The average molecular weight is 442 g/mol. The fourth-order valence-corrected chi connectivity index (χ4v) is 4.43. The van der Waals surface area contributed by atoms with E-state index < -0.39 is 0 Å². The maximum atomic E-state index is 13.3. The van der Waals surface area contributed by atoms with Crippen LogP contribution in [0.2, 0.25) is 15.1 Å². The maximum absolute atomic E-state index is 13.3. The Morgan fingerprint density at radius 1 is 1.15 bits per heavy atom. The van der Waals surface area contributed by atoms with Crippen molar-refractivity contribution >= 4 is 57.9 Å². The first-order valence-electron chi connectivity index (χ1n) is 8.35. The van der Waals surface area contributed by atoms with Crippen molar-refractivity contribution < 1.29 is 4.74 Å². The van der Waals surface area contributed by atoms with Gasteiger partial charge in [-0.2, -0.15) is 0 Å². The Labute approximate surface area is 175 Å². The Bertz CT molecular complexity index is 1210. The molecule has 0 unspecified atom stereocenters. The molecule has 4 rings (SSSR count). The number of halogens is 3. The Hall–Kier alpha value is -1.53. The number of nitrogens with zero attached hydrogens (tertiary/aromatic N) is 1. The molecule has 0 radical (unpaired) electrons. The lowest BCUT2D eigenvalue weighted by atomic mass is 10.0. The third kappa shape index (κ3) is 3.07. The van der Waals surface area contributed by atoms with Gasteiger partial charge in [0.05, 0.1) is 33.7 Å². The Morgan fingerprint density at radius 2 is 1.85 bits per heavy atom. The standard InChI is InChI=1S/C19H15Cl3N2O2S/c1-8-11(20)5-10-17(16(8)9-3-4-9)23-19(27)24(18(10)25)14-7-15(26-2)13(22)6-12(14)21/h5-7,9H,3-4H2,1-2H3,(H,23,27). The van der Waals surface area contributed by atoms with E-state index in [0.29, 0.717) is 37.8 Å². The molecule has 3 aromatic rings. The van der Waals surface area contributed by atoms with Gasteiger partial charge in [-0.1, -0.05) is 34.8 Å². The number of nitrogens with one attached hydrogen (secondary N) is 1. The van der Waals surface area contributed by atoms with Crippen LogP contribution in [0, 0.1) is 11.7 Å². The quantitative estimate of drug-likeness (QED) is 0.492. The van der Waals surface area contributed by atoms with Crippen molar-refractivity contribution in [3.63, 3.8) is 0 Å². The van der Waals surface area contributed by atoms with E-state index in [4.69, 9.17) is 51.8 Å². The van der Waals surface area contributed by atoms with Gasteiger partial charge in [0.1, 0.15) is 5.75 Å². The van der Waals surface area contributed by atoms with Crippen molar-refractivity contribution in [2.45, 2.75) is 25.7 Å². The second kappa shape index (κ2) is 6.82. The molecule has 1 fully saturated rings. The number of H-pyrrole nitrogens is 1. The minimum Gasteiger partial charge on any atom is -0.495 e. The summed E-state index contributed by atoms with van der Waals surface area (Å²) in [6, 6.07) is 4.81. The van der Waals surface area contributed by atoms with Gasteiger partial charge in [0, 0.05) is 11.1 Å². The average Bonchev–Trinajstić information content (AvgIpc) is 3.44. The van der Waals surface area contributed by atoms with Crippen LogP contribution < -0.4 is 10.3 Å². The van der Waals surface area contributed by atoms with Crippen LogP contribution in [0.15, 0.2) is 23.0 Å². The molecule has 0 spiro atoms. The molecule has 1 saturated carbocycles. The lowest BCUT2D eigenvalue weighted by molar-refractivity contribution is 0.415. The number of ether oxygens (including phenoxy) is 1. The van der Waals surface area contributed by atoms with E-state index in [9.17, 15) is 4.79 Å². The topological polar surface area (TPSA) is 47.0 Å². The predicted molar refractivity (Wildman–Crippen MR) is 113 cm³/mol. The van der Waals surface area contributed by atoms with Crippen LogP contribution in [-0.4, -0.2) is 16.7 Å². The molecule has 1 N–H and O–H groups in total. The highest BCUT2D eigenvalue weighted by Gasteiger charge is 2.29. The molecule has 0 saturated heterocycles. The summed E-state index contributed by atoms with van der Waals surface area (Å²) in [5.41, 5.74) is 2.93. The van der Waals surface area contributed by atoms with Crippen LogP contribution in [-0.2, 0) is 0 Å². The number of fused-ring (bicyclic) bond motifs is 1. The third-order valence-electron chi connectivity index (χ3n) is 4.89. The number of benzene rings is 2. The molecule has 0 bridgehead atoms. The van der Waals surface area contributed by atoms with Crippen molar-refractivity contribution in [2.24, 2.45) is 0 Å². The zero-order valence-electron chi connectivity index (χ0n) is 14.5. The molecule has 1 aliphatic carbocycles. The summed E-state index contributed by atoms with van der Waals surface area (Å²) in [5, 5.41) is 1.69. The number of hydrogen-bond donors (Lipinski definition) is 1. The predicted octanol–water partition coefficient (Wildman–Crippen LogP) is 6.20. The highest BCUT2D eigenvalue weighted by Crippen LogP contribution is 2.45. The minimum absolute atomic E-state index is 0.252. The van der Waals surface area contributed by atoms with Crippen LogP contribution >= 0.6 is 47.0 Å². The summed E-state index contributed by atoms with van der Waals surface area (Å²) < 4.78 is 6.85. The van der Waals surface area contributed by atoms with E-state index >= 15 is 0 Å². The molecular weight excluding hydrogens is 427 g/mol. The molecule has 0 aliphatic heterocycles. The van der Waals surface area contributed by atoms with Gasteiger partial charge in [0.2, 0.25) is 0 Å². The molecule has 0 atom stereocenters. The van der Waals surface area contributed by atoms with Crippen LogP contribution in [0.4, 0.5) is 0 Å². The van der Waals surface area contributed by atoms with Gasteiger partial charge in [-0.15, -0.1) is 0 Å². The van der Waals surface area contributed by atoms with Crippen LogP contribution in [0.25, 0.3) is 16.6 Å². The number of rotatable bonds is 3. The molecule has 4 nitrogen and oxygen atoms in total. The first-order chi connectivity index (χ1) is 12.8. The van der Waals surface area contributed by atoms with E-state index in [0.717, 1.165) is 29.5 Å². The summed E-state index contributed by atoms with van der Waals surface area (Å²) in [7, 11) is 1.49. The van der Waals surface area contributed by atoms with Crippen LogP contribution in [0.5, 0.6) is 5.75 Å². The van der Waals surface area contributed by atoms with Crippen LogP contribution in [0.3, 0.4) is 0 Å². The highest BCUT2D eigenvalue weighted by molar-refractivity contribution is 7.71. The summed E-state index contributed by atoms with van der Waals surface area (Å²) in [4.78, 5) is 16.6. The molecule has 140 valence electrons. The van der Waals surface area contributed by atoms with E-state index in [1.165, 1.54) is 17.7 Å². The van der Waals surface area contributed by atoms with E-state index in [1.807, 2.05) is 6.92 Å². The normalized spacial score (nSPS) is 14.0. The van der Waals surface area contributed by atoms with Crippen molar-refractivity contribution in [1.82, 2.24) is 9.55 Å². The lowest BCUT2D eigenvalue weighted by Gasteiger charge is -2.15. The van der Waals surface area contributed by atoms with Gasteiger partial charge < -0.3 is 9.72 Å². The van der Waals surface area contributed by atoms with Gasteiger partial charge in [-0.3, -0.25) is 9.36 Å². The SMILES string of the molecule is COc1cc(-n2c(=S)[nH]c3c(C4CC4)c(C)c(Cl)cc3c2=O)c(Cl)cc1Cl. The van der Waals surface area contributed by atoms with Gasteiger partial charge in [0.15, 0.2) is 4.77 Å². The van der Waals surface area contributed by atoms with Gasteiger partial charge in [-0.05, 0) is 61.2 Å². The lowest BCUT2D eigenvalue weighted by Crippen LogP contribution is -2.21. The third-order valence-corrected chi connectivity index (χ3v) is 6.16. The largest absolute Gasteiger partial charge is 0.495 e. The maximum Gasteiger partial charge on any atom is 0.266 e. The first-order valence-corrected chi connectivity index (χ1v) is 9.89. The zero-order valence-corrected chi connectivity index (χ0v) is 17.6. The molecule has 1 aliphatic rings. The Balaban J connectivity index is 2.09. The Kier molecular flexibility index (Phi) is 4.75. The van der Waals surface area contributed by atoms with E-state index in [1.54, 1.807) is 12.1 Å². The molecule has 1 aromatic heterocycles. The molecule has 2 aromatic carbocycles. The van der Waals surface area contributed by atoms with Crippen molar-refractivity contribution in [2.75, 3.05) is 7.11 Å². The summed E-state index contributed by atoms with van der Waals surface area (Å²) in [6.45, 7) is 1.97. The zero-order chi connectivity index (χ0) is 19.5. The van der Waals surface area contributed by atoms with E-state index in [2.05, 4.69) is 4.98 Å². The van der Waals surface area contributed by atoms with Gasteiger partial charge >= 0.3 is 0 Å². The van der Waals surface area contributed by atoms with Crippen molar-refractivity contribution in [3.05, 3.63) is 59.5 Å². The first kappa shape index (κ1) is 18.8. The number of methoxy groups -OCH3 is 1.